The molecule has 0 N–H and O–H groups in total. The van der Waals surface area contributed by atoms with E-state index in [1.54, 1.807) is 5.57 Å². The molecule has 0 fully saturated rings. The summed E-state index contributed by atoms with van der Waals surface area (Å²) in [6.07, 6.45) is 3.83. The molecule has 1 aliphatic carbocycles. The molecule has 0 spiro atoms. The van der Waals surface area contributed by atoms with Gasteiger partial charge in [-0.05, 0) is 0 Å². The maximum atomic E-state index is 2.54. The first-order valence-corrected chi connectivity index (χ1v) is 10.6. The summed E-state index contributed by atoms with van der Waals surface area (Å²) in [4.78, 5) is 0. The van der Waals surface area contributed by atoms with Crippen LogP contribution in [0.15, 0.2) is 11.6 Å². The summed E-state index contributed by atoms with van der Waals surface area (Å²) in [5.74, 6) is 0.826. The summed E-state index contributed by atoms with van der Waals surface area (Å²) in [6, 6.07) is 0. The molecular weight excluding hydrogens is 223 g/mol. The zero-order chi connectivity index (χ0) is 13.6. The first-order valence-electron chi connectivity index (χ1n) is 7.07. The van der Waals surface area contributed by atoms with Crippen molar-refractivity contribution in [3.63, 3.8) is 0 Å². The third kappa shape index (κ3) is 3.14. The molecule has 0 bridgehead atoms. The molecule has 2 unspecified atom stereocenters. The molecule has 0 radical (unpaired) electrons. The molecule has 0 saturated carbocycles. The van der Waals surface area contributed by atoms with Gasteiger partial charge in [-0.3, -0.25) is 0 Å². The van der Waals surface area contributed by atoms with Crippen LogP contribution in [-0.4, -0.2) is 25.7 Å². The van der Waals surface area contributed by atoms with E-state index in [1.807, 2.05) is 0 Å². The van der Waals surface area contributed by atoms with E-state index in [9.17, 15) is 0 Å². The molecule has 102 valence electrons. The topological polar surface area (TPSA) is 0 Å². The number of hydrogen-bond acceptors (Lipinski definition) is 0. The Morgan fingerprint density at radius 3 is 1.82 bits per heavy atom. The van der Waals surface area contributed by atoms with Crippen LogP contribution in [0, 0.1) is 16.7 Å². The quantitative estimate of drug-likeness (QED) is 0.490. The van der Waals surface area contributed by atoms with Crippen molar-refractivity contribution >= 4 is 7.26 Å². The fourth-order valence-corrected chi connectivity index (χ4v) is 6.03. The van der Waals surface area contributed by atoms with Crippen LogP contribution in [0.4, 0.5) is 0 Å². The zero-order valence-corrected chi connectivity index (χ0v) is 14.4. The van der Waals surface area contributed by atoms with Crippen LogP contribution in [0.3, 0.4) is 0 Å². The van der Waals surface area contributed by atoms with Crippen molar-refractivity contribution in [2.24, 2.45) is 16.7 Å². The minimum atomic E-state index is -1.03. The van der Waals surface area contributed by atoms with Crippen LogP contribution < -0.4 is 0 Å². The van der Waals surface area contributed by atoms with E-state index in [4.69, 9.17) is 0 Å². The van der Waals surface area contributed by atoms with Crippen LogP contribution in [0.25, 0.3) is 0 Å². The monoisotopic (exact) mass is 256 g/mol. The van der Waals surface area contributed by atoms with Crippen molar-refractivity contribution < 1.29 is 0 Å². The van der Waals surface area contributed by atoms with Crippen molar-refractivity contribution in [1.82, 2.24) is 0 Å². The Hall–Kier alpha value is 0.170. The summed E-state index contributed by atoms with van der Waals surface area (Å²) >= 11 is 0. The van der Waals surface area contributed by atoms with Gasteiger partial charge in [0.1, 0.15) is 0 Å². The van der Waals surface area contributed by atoms with Gasteiger partial charge in [0.2, 0.25) is 0 Å². The van der Waals surface area contributed by atoms with Crippen molar-refractivity contribution in [3.05, 3.63) is 11.6 Å². The van der Waals surface area contributed by atoms with Gasteiger partial charge in [-0.1, -0.05) is 0 Å². The van der Waals surface area contributed by atoms with Crippen LogP contribution >= 0.6 is 7.26 Å². The van der Waals surface area contributed by atoms with E-state index in [2.05, 4.69) is 67.6 Å². The van der Waals surface area contributed by atoms with E-state index < -0.39 is 7.26 Å². The van der Waals surface area contributed by atoms with Crippen LogP contribution in [0.5, 0.6) is 0 Å². The van der Waals surface area contributed by atoms with Gasteiger partial charge in [0, 0.05) is 0 Å². The molecule has 1 aliphatic rings. The molecule has 0 aromatic heterocycles. The first-order chi connectivity index (χ1) is 7.36. The fourth-order valence-electron chi connectivity index (χ4n) is 3.05. The number of hydrogen-bond donors (Lipinski definition) is 0. The van der Waals surface area contributed by atoms with Crippen molar-refractivity contribution in [2.75, 3.05) is 20.0 Å². The van der Waals surface area contributed by atoms with E-state index in [1.165, 1.54) is 6.42 Å². The Bertz CT molecular complexity index is 309. The van der Waals surface area contributed by atoms with E-state index in [0.717, 1.165) is 11.6 Å². The van der Waals surface area contributed by atoms with Gasteiger partial charge in [0.15, 0.2) is 0 Å². The summed E-state index contributed by atoms with van der Waals surface area (Å²) in [5.41, 5.74) is 3.47. The van der Waals surface area contributed by atoms with Gasteiger partial charge < -0.3 is 0 Å². The number of rotatable bonds is 3. The predicted molar refractivity (Wildman–Crippen MR) is 85.0 cm³/mol. The molecule has 0 aromatic rings. The maximum absolute atomic E-state index is 2.54. The van der Waals surface area contributed by atoms with Gasteiger partial charge in [-0.25, -0.2) is 0 Å². The van der Waals surface area contributed by atoms with Crippen molar-refractivity contribution in [3.8, 4) is 0 Å². The molecule has 0 heterocycles. The molecule has 17 heavy (non-hydrogen) atoms. The Balaban J connectivity index is 2.82. The summed E-state index contributed by atoms with van der Waals surface area (Å²) in [5, 5.41) is 0. The van der Waals surface area contributed by atoms with Crippen LogP contribution in [-0.2, 0) is 0 Å². The molecule has 0 amide bonds. The van der Waals surface area contributed by atoms with Gasteiger partial charge in [0.25, 0.3) is 0 Å². The number of allylic oxidation sites excluding steroid dienone is 2. The van der Waals surface area contributed by atoms with Crippen molar-refractivity contribution in [2.45, 2.75) is 53.6 Å². The predicted octanol–water partition coefficient (Wildman–Crippen LogP) is 5.03. The van der Waals surface area contributed by atoms with Gasteiger partial charge in [0.05, 0.1) is 0 Å². The van der Waals surface area contributed by atoms with Crippen LogP contribution in [0.2, 0.25) is 0 Å². The second-order valence-corrected chi connectivity index (χ2v) is 14.1. The summed E-state index contributed by atoms with van der Waals surface area (Å²) in [6.45, 7) is 21.9. The molecule has 1 rings (SSSR count). The molecule has 1 heteroatoms. The fraction of sp³-hybridized carbons (Fsp3) is 0.875. The first kappa shape index (κ1) is 15.2. The normalized spacial score (nSPS) is 27.5. The Morgan fingerprint density at radius 1 is 1.06 bits per heavy atom. The van der Waals surface area contributed by atoms with Crippen LogP contribution in [0.1, 0.15) is 48.0 Å². The van der Waals surface area contributed by atoms with E-state index in [0.29, 0.717) is 10.8 Å². The van der Waals surface area contributed by atoms with Gasteiger partial charge >= 0.3 is 109 Å². The van der Waals surface area contributed by atoms with Gasteiger partial charge in [-0.2, -0.15) is 0 Å². The Morgan fingerprint density at radius 2 is 1.53 bits per heavy atom. The second kappa shape index (κ2) is 4.37. The molecular formula is C16H33P. The molecule has 0 aliphatic heterocycles. The van der Waals surface area contributed by atoms with Gasteiger partial charge in [-0.15, -0.1) is 0 Å². The standard InChI is InChI=1S/C16H33P/c1-12-10-13(14(12)17(7,8)9)11-16(5,6)15(2,3)4/h10,12,14,17H,11H2,1-9H3. The Kier molecular flexibility index (Phi) is 3.92. The summed E-state index contributed by atoms with van der Waals surface area (Å²) in [7, 11) is -1.03. The third-order valence-corrected chi connectivity index (χ3v) is 7.77. The molecule has 0 aromatic carbocycles. The zero-order valence-electron chi connectivity index (χ0n) is 13.4. The minimum absolute atomic E-state index is 0.386. The van der Waals surface area contributed by atoms with E-state index in [-0.39, 0.29) is 0 Å². The molecule has 0 nitrogen and oxygen atoms in total. The average molecular weight is 256 g/mol. The Labute approximate surface area is 110 Å². The SMILES string of the molecule is CC1C=C(CC(C)(C)C(C)(C)C)C1[PH](C)(C)C. The summed E-state index contributed by atoms with van der Waals surface area (Å²) < 4.78 is 0. The molecule has 0 saturated heterocycles. The molecule has 2 atom stereocenters. The van der Waals surface area contributed by atoms with E-state index >= 15 is 0 Å². The third-order valence-electron chi connectivity index (χ3n) is 5.01. The van der Waals surface area contributed by atoms with Crippen molar-refractivity contribution in [1.29, 1.82) is 0 Å². The second-order valence-electron chi connectivity index (χ2n) is 8.76. The average Bonchev–Trinajstić information content (AvgIpc) is 1.95.